The fourth-order valence-electron chi connectivity index (χ4n) is 12.8. The summed E-state index contributed by atoms with van der Waals surface area (Å²) in [5.74, 6) is -6.47. The van der Waals surface area contributed by atoms with Crippen molar-refractivity contribution in [2.75, 3.05) is 7.11 Å². The normalized spacial score (nSPS) is 50.9. The Bertz CT molecular complexity index is 1690. The van der Waals surface area contributed by atoms with Gasteiger partial charge in [-0.1, -0.05) is 20.8 Å². The molecule has 0 amide bonds. The van der Waals surface area contributed by atoms with Crippen molar-refractivity contribution in [1.29, 1.82) is 0 Å². The smallest absolute Gasteiger partial charge is 0.306 e. The molecule has 1 aromatic heterocycles. The predicted octanol–water partition coefficient (Wildman–Crippen LogP) is 3.44. The van der Waals surface area contributed by atoms with Crippen LogP contribution in [-0.4, -0.2) is 77.5 Å². The first-order valence-electron chi connectivity index (χ1n) is 16.8. The topological polar surface area (TPSA) is 172 Å². The second-order valence-electron chi connectivity index (χ2n) is 15.9. The summed E-state index contributed by atoms with van der Waals surface area (Å²) in [6.07, 6.45) is -0.00265. The highest BCUT2D eigenvalue weighted by Crippen LogP contribution is 2.90. The second kappa shape index (κ2) is 9.43. The van der Waals surface area contributed by atoms with E-state index in [1.807, 2.05) is 20.8 Å². The zero-order valence-electron chi connectivity index (χ0n) is 28.9. The number of fused-ring (bicyclic) bond motifs is 3. The minimum atomic E-state index is -2.01. The zero-order chi connectivity index (χ0) is 35.4. The Morgan fingerprint density at radius 1 is 0.878 bits per heavy atom. The number of rotatable bonds is 6. The number of cyclic esters (lactones) is 1. The summed E-state index contributed by atoms with van der Waals surface area (Å²) in [4.78, 5) is 67.1. The highest BCUT2D eigenvalue weighted by Gasteiger charge is 3.05. The van der Waals surface area contributed by atoms with Crippen LogP contribution in [0.25, 0.3) is 0 Å². The van der Waals surface area contributed by atoms with Crippen LogP contribution in [0, 0.1) is 28.1 Å². The van der Waals surface area contributed by atoms with Gasteiger partial charge in [0.05, 0.1) is 26.1 Å². The molecule has 0 radical (unpaired) electrons. The number of methoxy groups -OCH3 is 1. The van der Waals surface area contributed by atoms with Crippen LogP contribution in [0.3, 0.4) is 0 Å². The van der Waals surface area contributed by atoms with Gasteiger partial charge in [-0.3, -0.25) is 24.0 Å². The van der Waals surface area contributed by atoms with Gasteiger partial charge in [0.25, 0.3) is 5.97 Å². The number of carbonyl (C=O) groups is 5. The van der Waals surface area contributed by atoms with Crippen LogP contribution < -0.4 is 0 Å². The Morgan fingerprint density at radius 3 is 2.16 bits per heavy atom. The van der Waals surface area contributed by atoms with Crippen LogP contribution in [0.2, 0.25) is 0 Å². The quantitative estimate of drug-likeness (QED) is 0.315. The van der Waals surface area contributed by atoms with Crippen molar-refractivity contribution < 1.29 is 66.3 Å². The van der Waals surface area contributed by atoms with Crippen molar-refractivity contribution >= 4 is 29.8 Å². The number of hydrogen-bond donors (Lipinski definition) is 0. The Balaban J connectivity index is 1.50. The largest absolute Gasteiger partial charge is 0.472 e. The van der Waals surface area contributed by atoms with Crippen LogP contribution in [0.5, 0.6) is 0 Å². The molecule has 4 heterocycles. The Morgan fingerprint density at radius 2 is 1.55 bits per heavy atom. The second-order valence-corrected chi connectivity index (χ2v) is 15.9. The molecule has 0 N–H and O–H groups in total. The standard InChI is InChI=1S/C35H42O14/c1-17(36)43-26-29(5)16-33-30(6,21(29)13-23(39)41-8)32-11-10-28(4)22(14-24(40)45-25(28)20-9-12-42-15-20)34(32,49-31(7,47-32)48-33)27(44-18(2)37)35(26,33)46-19(3)38/h9,12,15,21-22,25-27H,10-11,13-14,16H2,1-8H3/t21-,22+,25-,26-,27+,28+,29+,30+,31-,32-,33+,34+,35-/m0/s1. The van der Waals surface area contributed by atoms with Gasteiger partial charge < -0.3 is 42.3 Å². The third-order valence-electron chi connectivity index (χ3n) is 13.8. The molecule has 3 aliphatic heterocycles. The Kier molecular flexibility index (Phi) is 6.30. The molecule has 14 nitrogen and oxygen atoms in total. The molecule has 0 aromatic carbocycles. The number of ether oxygens (including phenoxy) is 8. The van der Waals surface area contributed by atoms with E-state index >= 15 is 0 Å². The fourth-order valence-corrected chi connectivity index (χ4v) is 12.8. The molecule has 13 atom stereocenters. The molecule has 4 bridgehead atoms. The maximum atomic E-state index is 13.8. The molecular formula is C35H42O14. The maximum absolute atomic E-state index is 13.8. The van der Waals surface area contributed by atoms with Gasteiger partial charge in [0, 0.05) is 61.8 Å². The number of esters is 5. The molecule has 7 fully saturated rings. The first kappa shape index (κ1) is 32.7. The Hall–Kier alpha value is -3.49. The molecule has 3 saturated heterocycles. The molecular weight excluding hydrogens is 644 g/mol. The third-order valence-corrected chi connectivity index (χ3v) is 13.8. The highest BCUT2D eigenvalue weighted by atomic mass is 16.9. The average molecular weight is 687 g/mol. The number of carbonyl (C=O) groups excluding carboxylic acids is 5. The van der Waals surface area contributed by atoms with Crippen LogP contribution in [0.4, 0.5) is 0 Å². The Labute approximate surface area is 282 Å². The van der Waals surface area contributed by atoms with Crippen molar-refractivity contribution in [3.8, 4) is 0 Å². The van der Waals surface area contributed by atoms with E-state index in [0.29, 0.717) is 18.4 Å². The molecule has 14 heteroatoms. The summed E-state index contributed by atoms with van der Waals surface area (Å²) in [5, 5.41) is 0. The van der Waals surface area contributed by atoms with Gasteiger partial charge in [-0.15, -0.1) is 0 Å². The van der Waals surface area contributed by atoms with Crippen molar-refractivity contribution in [3.63, 3.8) is 0 Å². The van der Waals surface area contributed by atoms with E-state index in [0.717, 1.165) is 0 Å². The lowest BCUT2D eigenvalue weighted by atomic mass is 9.33. The lowest BCUT2D eigenvalue weighted by molar-refractivity contribution is -0.477. The predicted molar refractivity (Wildman–Crippen MR) is 159 cm³/mol. The summed E-state index contributed by atoms with van der Waals surface area (Å²) < 4.78 is 57.3. The lowest BCUT2D eigenvalue weighted by Crippen LogP contribution is -2.94. The summed E-state index contributed by atoms with van der Waals surface area (Å²) in [6, 6.07) is 1.73. The van der Waals surface area contributed by atoms with E-state index in [9.17, 15) is 24.0 Å². The third kappa shape index (κ3) is 3.33. The summed E-state index contributed by atoms with van der Waals surface area (Å²) >= 11 is 0. The fraction of sp³-hybridized carbons (Fsp3) is 0.743. The molecule has 49 heavy (non-hydrogen) atoms. The van der Waals surface area contributed by atoms with E-state index in [-0.39, 0.29) is 19.3 Å². The van der Waals surface area contributed by atoms with Crippen LogP contribution in [0.15, 0.2) is 23.0 Å². The highest BCUT2D eigenvalue weighted by molar-refractivity contribution is 5.75. The zero-order valence-corrected chi connectivity index (χ0v) is 28.9. The van der Waals surface area contributed by atoms with E-state index < -0.39 is 105 Å². The van der Waals surface area contributed by atoms with E-state index in [4.69, 9.17) is 42.3 Å². The molecule has 0 unspecified atom stereocenters. The molecule has 266 valence electrons. The van der Waals surface area contributed by atoms with Crippen molar-refractivity contribution in [3.05, 3.63) is 24.2 Å². The van der Waals surface area contributed by atoms with Crippen molar-refractivity contribution in [2.24, 2.45) is 28.1 Å². The van der Waals surface area contributed by atoms with Crippen LogP contribution >= 0.6 is 0 Å². The first-order valence-corrected chi connectivity index (χ1v) is 16.8. The molecule has 4 saturated carbocycles. The van der Waals surface area contributed by atoms with E-state index in [2.05, 4.69) is 0 Å². The van der Waals surface area contributed by atoms with Crippen LogP contribution in [0.1, 0.15) is 92.2 Å². The average Bonchev–Trinajstić information content (AvgIpc) is 3.70. The number of hydrogen-bond acceptors (Lipinski definition) is 14. The van der Waals surface area contributed by atoms with Gasteiger partial charge in [-0.25, -0.2) is 0 Å². The minimum absolute atomic E-state index is 0.125. The van der Waals surface area contributed by atoms with Crippen molar-refractivity contribution in [2.45, 2.75) is 127 Å². The summed E-state index contributed by atoms with van der Waals surface area (Å²) in [6.45, 7) is 11.1. The van der Waals surface area contributed by atoms with Gasteiger partial charge in [-0.05, 0) is 31.2 Å². The number of furan rings is 1. The summed E-state index contributed by atoms with van der Waals surface area (Å²) in [7, 11) is 1.30. The first-order chi connectivity index (χ1) is 22.9. The van der Waals surface area contributed by atoms with Crippen molar-refractivity contribution in [1.82, 2.24) is 0 Å². The lowest BCUT2D eigenvalue weighted by Gasteiger charge is -2.77. The van der Waals surface area contributed by atoms with Gasteiger partial charge in [0.15, 0.2) is 12.2 Å². The SMILES string of the molecule is COC(=O)C[C@H]1[C@@]2(C)C[C@@]34O[C@@]5(C)O[C@]6([C@@H]7CC(=O)O[C@@H](c8ccoc8)[C@]7(C)CC[C@]6(O5)[C@@]13C)[C@@H](OC(C)=O)[C@@]4(OC(C)=O)[C@H]2OC(C)=O. The monoisotopic (exact) mass is 686 g/mol. The van der Waals surface area contributed by atoms with E-state index in [1.54, 1.807) is 13.0 Å². The van der Waals surface area contributed by atoms with Gasteiger partial charge >= 0.3 is 29.8 Å². The molecule has 4 aliphatic carbocycles. The molecule has 8 rings (SSSR count). The van der Waals surface area contributed by atoms with Crippen LogP contribution in [-0.2, 0) is 61.9 Å². The molecule has 1 aromatic rings. The van der Waals surface area contributed by atoms with Gasteiger partial charge in [-0.2, -0.15) is 0 Å². The minimum Gasteiger partial charge on any atom is -0.472 e. The maximum Gasteiger partial charge on any atom is 0.306 e. The molecule has 7 aliphatic rings. The van der Waals surface area contributed by atoms with Gasteiger partial charge in [0.1, 0.15) is 22.9 Å². The van der Waals surface area contributed by atoms with Gasteiger partial charge in [0.2, 0.25) is 5.60 Å². The summed E-state index contributed by atoms with van der Waals surface area (Å²) in [5.41, 5.74) is -9.35. The molecule has 2 spiro atoms. The van der Waals surface area contributed by atoms with E-state index in [1.165, 1.54) is 40.4 Å².